The van der Waals surface area contributed by atoms with E-state index in [-0.39, 0.29) is 126 Å². The number of alkyl halides is 26. The Balaban J connectivity index is 0.000000807. The highest BCUT2D eigenvalue weighted by atomic mass is 19.4. The molecule has 6 aliphatic heterocycles. The third-order valence-electron chi connectivity index (χ3n) is 18.9. The standard InChI is InChI=1S/C17H25F6NO5.C15H15F12NO5.C15H21F6NO5.C11H21NO2.C10H19NO2.C9H15F2NO2/c1-3-14(25)28-12(16(18,19)20)9-24-7-5-11(6-8-24)27-10-13(17(21,22)23)29-15(26)4-2;16-12(17,18)8(32-10(29)14(22,23)24)5-28-3-1-7(2-4-28)31-6-9(13(19,20)21)33-11(30)15(25,26)27;1-9(23)26-12(14(16,17)18)7-22-5-3-11(4-6-22)25-8-13(15(19,20)21)27-10(2)24;1-11(2,3)8-10(13)14-9-4-6-12-7-5-9;1-8(2)7-10(12)13-9-3-5-11-6-4-9;1-2-9(10,11)8(13)14-7-3-5-12-6-4-7/h11-13H,3-10H2,1-2H3;7-9H,1-6H2;11-13H,3-8H2,1-2H3;9,12H,4-8H2,1-3H3;8-9,11H,3-7H2,1-2H3;7,12H,2-6H2,1H3. The van der Waals surface area contributed by atoms with Gasteiger partial charge in [-0.3, -0.25) is 43.5 Å². The molecule has 0 radical (unpaired) electrons. The Morgan fingerprint density at radius 2 is 0.577 bits per heavy atom. The summed E-state index contributed by atoms with van der Waals surface area (Å²) in [6.45, 7) is 15.5. The molecule has 6 fully saturated rings. The minimum absolute atomic E-state index is 0.0317. The predicted molar refractivity (Wildman–Crippen MR) is 401 cm³/mol. The van der Waals surface area contributed by atoms with Crippen LogP contribution in [-0.4, -0.2) is 315 Å². The number of nitrogens with one attached hydrogen (secondary N) is 3. The van der Waals surface area contributed by atoms with E-state index < -0.39 is 198 Å². The summed E-state index contributed by atoms with van der Waals surface area (Å²) in [5.41, 5.74) is 0.0317. The number of carbonyl (C=O) groups excluding carboxylic acids is 9. The number of nitrogens with zero attached hydrogens (tertiary/aromatic N) is 3. The van der Waals surface area contributed by atoms with Crippen molar-refractivity contribution in [3.8, 4) is 0 Å². The molecular weight excluding hydrogens is 1840 g/mol. The van der Waals surface area contributed by atoms with Crippen molar-refractivity contribution in [2.24, 2.45) is 11.3 Å². The number of ether oxygens (including phenoxy) is 12. The Kier molecular flexibility index (Phi) is 52.5. The first-order valence-corrected chi connectivity index (χ1v) is 41.4. The summed E-state index contributed by atoms with van der Waals surface area (Å²) in [6, 6.07) is 0. The lowest BCUT2D eigenvalue weighted by Crippen LogP contribution is -2.49. The van der Waals surface area contributed by atoms with Crippen molar-refractivity contribution in [3.63, 3.8) is 0 Å². The maximum atomic E-state index is 13.0. The molecule has 130 heavy (non-hydrogen) atoms. The highest BCUT2D eigenvalue weighted by molar-refractivity contribution is 5.78. The first kappa shape index (κ1) is 121. The summed E-state index contributed by atoms with van der Waals surface area (Å²) in [5, 5.41) is 9.54. The van der Waals surface area contributed by atoms with Gasteiger partial charge in [0, 0.05) is 98.4 Å². The second-order valence-electron chi connectivity index (χ2n) is 32.0. The lowest BCUT2D eigenvalue weighted by atomic mass is 9.92. The van der Waals surface area contributed by atoms with Crippen molar-refractivity contribution < 1.29 is 214 Å². The second kappa shape index (κ2) is 56.4. The van der Waals surface area contributed by atoms with E-state index in [9.17, 15) is 157 Å². The van der Waals surface area contributed by atoms with E-state index in [0.29, 0.717) is 31.6 Å². The SMILES string of the molecule is CC(=O)OC(COC1CCN(CC(OC(C)=O)C(F)(F)F)CC1)C(F)(F)F.CC(C)(C)CC(=O)OC1CCNCC1.CC(C)CC(=O)OC1CCNCC1.CCC(=O)OC(COC1CCN(CC(OC(=O)CC)C(F)(F)F)CC1)C(F)(F)F.CCC(F)(F)C(=O)OC1CCNCC1.O=C(OC(COC1CCN(CC(OC(=O)C(F)(F)F)C(F)(F)F)CC1)C(F)(F)F)C(F)(F)F. The molecule has 6 atom stereocenters. The molecule has 0 aliphatic carbocycles. The molecular formula is C77H116F26N6O21. The van der Waals surface area contributed by atoms with Gasteiger partial charge in [-0.1, -0.05) is 55.4 Å². The second-order valence-corrected chi connectivity index (χ2v) is 32.0. The van der Waals surface area contributed by atoms with Crippen LogP contribution in [0.1, 0.15) is 178 Å². The van der Waals surface area contributed by atoms with E-state index in [1.165, 1.54) is 30.6 Å². The number of hydrogen-bond donors (Lipinski definition) is 3. The average Bonchev–Trinajstić information content (AvgIpc) is 0.825. The van der Waals surface area contributed by atoms with E-state index in [2.05, 4.69) is 65.1 Å². The van der Waals surface area contributed by atoms with Crippen LogP contribution in [0.4, 0.5) is 114 Å². The van der Waals surface area contributed by atoms with Gasteiger partial charge in [0.1, 0.15) is 18.3 Å². The van der Waals surface area contributed by atoms with Gasteiger partial charge in [-0.25, -0.2) is 14.4 Å². The highest BCUT2D eigenvalue weighted by Gasteiger charge is 2.54. The Morgan fingerprint density at radius 3 is 0.846 bits per heavy atom. The summed E-state index contributed by atoms with van der Waals surface area (Å²) in [5.74, 6) is -14.7. The van der Waals surface area contributed by atoms with E-state index in [1.54, 1.807) is 0 Å². The Hall–Kier alpha value is -6.95. The van der Waals surface area contributed by atoms with Crippen molar-refractivity contribution in [1.29, 1.82) is 0 Å². The molecule has 3 N–H and O–H groups in total. The van der Waals surface area contributed by atoms with E-state index in [0.717, 1.165) is 83.7 Å². The van der Waals surface area contributed by atoms with Gasteiger partial charge in [0.2, 0.25) is 36.6 Å². The lowest BCUT2D eigenvalue weighted by Gasteiger charge is -2.35. The Morgan fingerprint density at radius 1 is 0.323 bits per heavy atom. The number of esters is 9. The first-order chi connectivity index (χ1) is 59.6. The Labute approximate surface area is 733 Å². The van der Waals surface area contributed by atoms with Crippen LogP contribution in [0, 0.1) is 11.3 Å². The molecule has 0 amide bonds. The number of rotatable bonds is 31. The zero-order valence-electron chi connectivity index (χ0n) is 73.0. The summed E-state index contributed by atoms with van der Waals surface area (Å²) in [6.07, 6.45) is -53.8. The fourth-order valence-corrected chi connectivity index (χ4v) is 12.0. The van der Waals surface area contributed by atoms with Crippen LogP contribution in [0.25, 0.3) is 0 Å². The molecule has 6 saturated heterocycles. The van der Waals surface area contributed by atoms with Gasteiger partial charge in [0.25, 0.3) is 0 Å². The molecule has 6 unspecified atom stereocenters. The van der Waals surface area contributed by atoms with Gasteiger partial charge in [-0.2, -0.15) is 114 Å². The third-order valence-corrected chi connectivity index (χ3v) is 18.9. The van der Waals surface area contributed by atoms with Gasteiger partial charge < -0.3 is 72.8 Å². The smallest absolute Gasteiger partial charge is 0.462 e. The van der Waals surface area contributed by atoms with E-state index in [4.69, 9.17) is 28.4 Å². The molecule has 6 aliphatic rings. The molecule has 6 rings (SSSR count). The van der Waals surface area contributed by atoms with Crippen LogP contribution in [0.15, 0.2) is 0 Å². The number of likely N-dealkylation sites (tertiary alicyclic amines) is 3. The molecule has 53 heteroatoms. The molecule has 27 nitrogen and oxygen atoms in total. The quantitative estimate of drug-likeness (QED) is 0.0330. The summed E-state index contributed by atoms with van der Waals surface area (Å²) < 4.78 is 385. The van der Waals surface area contributed by atoms with Crippen molar-refractivity contribution in [1.82, 2.24) is 30.7 Å². The number of carbonyl (C=O) groups is 9. The average molecular weight is 1960 g/mol. The molecule has 0 aromatic heterocycles. The molecule has 0 spiro atoms. The normalized spacial score (nSPS) is 19.2. The maximum absolute atomic E-state index is 13.0. The van der Waals surface area contributed by atoms with E-state index >= 15 is 0 Å². The highest BCUT2D eigenvalue weighted by Crippen LogP contribution is 2.35. The van der Waals surface area contributed by atoms with Gasteiger partial charge in [0.15, 0.2) is 0 Å². The zero-order valence-corrected chi connectivity index (χ0v) is 73.0. The van der Waals surface area contributed by atoms with Crippen molar-refractivity contribution in [2.75, 3.05) is 118 Å². The molecule has 0 bridgehead atoms. The minimum atomic E-state index is -5.70. The van der Waals surface area contributed by atoms with Gasteiger partial charge in [0.05, 0.1) is 44.6 Å². The number of piperidine rings is 6. The van der Waals surface area contributed by atoms with Gasteiger partial charge in [-0.05, 0) is 128 Å². The molecule has 6 heterocycles. The zero-order chi connectivity index (χ0) is 99.8. The molecule has 762 valence electrons. The molecule has 0 aromatic rings. The van der Waals surface area contributed by atoms with Crippen LogP contribution in [0.5, 0.6) is 0 Å². The van der Waals surface area contributed by atoms with Crippen molar-refractivity contribution >= 4 is 53.7 Å². The van der Waals surface area contributed by atoms with Crippen molar-refractivity contribution in [3.05, 3.63) is 0 Å². The largest absolute Gasteiger partial charge is 0.490 e. The topological polar surface area (TPSA) is 310 Å². The number of hydrogen-bond acceptors (Lipinski definition) is 27. The van der Waals surface area contributed by atoms with E-state index in [1.807, 2.05) is 13.8 Å². The molecule has 0 saturated carbocycles. The van der Waals surface area contributed by atoms with Gasteiger partial charge in [-0.15, -0.1) is 0 Å². The van der Waals surface area contributed by atoms with Crippen molar-refractivity contribution in [2.45, 2.75) is 307 Å². The minimum Gasteiger partial charge on any atom is -0.462 e. The van der Waals surface area contributed by atoms with Crippen LogP contribution in [0.2, 0.25) is 0 Å². The molecule has 0 aromatic carbocycles. The van der Waals surface area contributed by atoms with Crippen LogP contribution in [-0.2, 0) is 100.0 Å². The lowest BCUT2D eigenvalue weighted by molar-refractivity contribution is -0.256. The third kappa shape index (κ3) is 53.8. The summed E-state index contributed by atoms with van der Waals surface area (Å²) in [7, 11) is 0. The predicted octanol–water partition coefficient (Wildman–Crippen LogP) is 13.6. The Bertz CT molecular complexity index is 3310. The monoisotopic (exact) mass is 1950 g/mol. The van der Waals surface area contributed by atoms with Crippen LogP contribution in [0.3, 0.4) is 0 Å². The fourth-order valence-electron chi connectivity index (χ4n) is 12.0. The summed E-state index contributed by atoms with van der Waals surface area (Å²) >= 11 is 0. The van der Waals surface area contributed by atoms with Crippen LogP contribution < -0.4 is 16.0 Å². The number of halogens is 26. The first-order valence-electron chi connectivity index (χ1n) is 41.4. The fraction of sp³-hybridized carbons (Fsp3) is 0.883. The van der Waals surface area contributed by atoms with Crippen LogP contribution >= 0.6 is 0 Å². The summed E-state index contributed by atoms with van der Waals surface area (Å²) in [4.78, 5) is 103. The maximum Gasteiger partial charge on any atom is 0.490 e. The van der Waals surface area contributed by atoms with Gasteiger partial charge >= 0.3 is 109 Å².